The minimum atomic E-state index is -0.385. The summed E-state index contributed by atoms with van der Waals surface area (Å²) in [4.78, 5) is 21.9. The Morgan fingerprint density at radius 1 is 0.951 bits per heavy atom. The van der Waals surface area contributed by atoms with E-state index in [1.165, 1.54) is 54.0 Å². The van der Waals surface area contributed by atoms with Crippen molar-refractivity contribution in [3.63, 3.8) is 0 Å². The number of hydrogen-bond donors (Lipinski definition) is 1. The third kappa shape index (κ3) is 4.80. The Bertz CT molecular complexity index is 1900. The van der Waals surface area contributed by atoms with Crippen molar-refractivity contribution in [1.82, 2.24) is 14.5 Å². The molecule has 0 radical (unpaired) electrons. The normalized spacial score (nSPS) is 14.2. The van der Waals surface area contributed by atoms with E-state index in [1.54, 1.807) is 6.07 Å². The zero-order valence-electron chi connectivity index (χ0n) is 22.5. The zero-order chi connectivity index (χ0) is 27.9. The molecule has 1 amide bonds. The molecule has 4 heterocycles. The second-order valence-corrected chi connectivity index (χ2v) is 11.9. The van der Waals surface area contributed by atoms with Gasteiger partial charge in [0, 0.05) is 29.9 Å². The molecule has 4 aromatic heterocycles. The maximum absolute atomic E-state index is 13.9. The molecule has 0 spiro atoms. The summed E-state index contributed by atoms with van der Waals surface area (Å²) >= 11 is 1.52. The Hall–Kier alpha value is -4.36. The van der Waals surface area contributed by atoms with Gasteiger partial charge in [-0.15, -0.1) is 11.3 Å². The standard InChI is InChI=1S/C34H29FN4OS/c35-26-8-4-7-23(18-26)27-11-9-24-17-25(10-12-28(24)38-27)32-31(22-5-2-1-3-6-22)33-29(19-30(41-33)34(36)40)39(32)20-21-13-15-37-16-14-21/h4,7-19,22H,1-3,5-6,20H2,(H2,36,40). The lowest BCUT2D eigenvalue weighted by molar-refractivity contribution is 0.100. The number of benzene rings is 2. The molecule has 0 bridgehead atoms. The minimum absolute atomic E-state index is 0.274. The van der Waals surface area contributed by atoms with Gasteiger partial charge in [0.2, 0.25) is 0 Å². The van der Waals surface area contributed by atoms with Gasteiger partial charge in [-0.2, -0.15) is 0 Å². The molecule has 0 atom stereocenters. The lowest BCUT2D eigenvalue weighted by Crippen LogP contribution is -2.10. The molecule has 0 saturated heterocycles. The third-order valence-electron chi connectivity index (χ3n) is 8.20. The predicted molar refractivity (Wildman–Crippen MR) is 164 cm³/mol. The molecule has 41 heavy (non-hydrogen) atoms. The van der Waals surface area contributed by atoms with Gasteiger partial charge in [-0.3, -0.25) is 9.78 Å². The fourth-order valence-electron chi connectivity index (χ4n) is 6.27. The van der Waals surface area contributed by atoms with Crippen LogP contribution in [-0.4, -0.2) is 20.4 Å². The number of primary amides is 1. The van der Waals surface area contributed by atoms with Crippen molar-refractivity contribution in [3.05, 3.63) is 107 Å². The number of amides is 1. The first kappa shape index (κ1) is 25.6. The van der Waals surface area contributed by atoms with E-state index < -0.39 is 0 Å². The Balaban J connectivity index is 1.43. The Morgan fingerprint density at radius 2 is 1.78 bits per heavy atom. The maximum atomic E-state index is 13.9. The number of nitrogens with two attached hydrogens (primary N) is 1. The highest BCUT2D eigenvalue weighted by atomic mass is 32.1. The van der Waals surface area contributed by atoms with E-state index in [2.05, 4.69) is 33.8 Å². The van der Waals surface area contributed by atoms with Gasteiger partial charge in [0.25, 0.3) is 5.91 Å². The highest BCUT2D eigenvalue weighted by Gasteiger charge is 2.29. The highest BCUT2D eigenvalue weighted by molar-refractivity contribution is 7.21. The molecule has 6 aromatic rings. The minimum Gasteiger partial charge on any atom is -0.365 e. The molecule has 1 aliphatic rings. The number of rotatable bonds is 6. The van der Waals surface area contributed by atoms with Gasteiger partial charge >= 0.3 is 0 Å². The summed E-state index contributed by atoms with van der Waals surface area (Å²) in [5.41, 5.74) is 14.0. The molecule has 2 N–H and O–H groups in total. The molecule has 2 aromatic carbocycles. The number of hydrogen-bond acceptors (Lipinski definition) is 4. The van der Waals surface area contributed by atoms with Crippen LogP contribution in [0.15, 0.2) is 85.2 Å². The van der Waals surface area contributed by atoms with E-state index in [4.69, 9.17) is 10.7 Å². The van der Waals surface area contributed by atoms with E-state index in [0.717, 1.165) is 56.3 Å². The van der Waals surface area contributed by atoms with E-state index >= 15 is 0 Å². The molecular formula is C34H29FN4OS. The van der Waals surface area contributed by atoms with Gasteiger partial charge in [-0.05, 0) is 84.0 Å². The van der Waals surface area contributed by atoms with Crippen molar-refractivity contribution in [1.29, 1.82) is 0 Å². The average Bonchev–Trinajstić information content (AvgIpc) is 3.56. The Labute approximate surface area is 241 Å². The molecule has 204 valence electrons. The molecule has 1 fully saturated rings. The van der Waals surface area contributed by atoms with Crippen LogP contribution in [0.25, 0.3) is 43.6 Å². The predicted octanol–water partition coefficient (Wildman–Crippen LogP) is 8.31. The zero-order valence-corrected chi connectivity index (χ0v) is 23.3. The summed E-state index contributed by atoms with van der Waals surface area (Å²) in [7, 11) is 0. The molecule has 5 nitrogen and oxygen atoms in total. The molecule has 7 rings (SSSR count). The van der Waals surface area contributed by atoms with Crippen molar-refractivity contribution in [2.45, 2.75) is 44.6 Å². The molecular weight excluding hydrogens is 531 g/mol. The smallest absolute Gasteiger partial charge is 0.258 e. The fraction of sp³-hybridized carbons (Fsp3) is 0.206. The maximum Gasteiger partial charge on any atom is 0.258 e. The van der Waals surface area contributed by atoms with Crippen LogP contribution >= 0.6 is 11.3 Å². The van der Waals surface area contributed by atoms with Gasteiger partial charge in [0.15, 0.2) is 0 Å². The largest absolute Gasteiger partial charge is 0.365 e. The van der Waals surface area contributed by atoms with Crippen LogP contribution in [0.5, 0.6) is 0 Å². The number of halogens is 1. The number of pyridine rings is 2. The van der Waals surface area contributed by atoms with Crippen molar-refractivity contribution >= 4 is 38.4 Å². The molecule has 0 aliphatic heterocycles. The fourth-order valence-corrected chi connectivity index (χ4v) is 7.41. The van der Waals surface area contributed by atoms with Crippen molar-refractivity contribution in [2.24, 2.45) is 5.73 Å². The highest BCUT2D eigenvalue weighted by Crippen LogP contribution is 2.47. The van der Waals surface area contributed by atoms with Crippen LogP contribution in [0.2, 0.25) is 0 Å². The van der Waals surface area contributed by atoms with Crippen LogP contribution in [0.3, 0.4) is 0 Å². The average molecular weight is 561 g/mol. The van der Waals surface area contributed by atoms with Crippen LogP contribution < -0.4 is 5.73 Å². The number of carbonyl (C=O) groups excluding carboxylic acids is 1. The van der Waals surface area contributed by atoms with Crippen LogP contribution in [0.1, 0.15) is 58.8 Å². The van der Waals surface area contributed by atoms with E-state index in [1.807, 2.05) is 42.7 Å². The third-order valence-corrected chi connectivity index (χ3v) is 9.37. The summed E-state index contributed by atoms with van der Waals surface area (Å²) in [6.07, 6.45) is 9.59. The molecule has 1 saturated carbocycles. The first-order chi connectivity index (χ1) is 20.0. The number of aromatic nitrogens is 3. The first-order valence-corrected chi connectivity index (χ1v) is 14.9. The summed E-state index contributed by atoms with van der Waals surface area (Å²) in [6, 6.07) is 23.0. The van der Waals surface area contributed by atoms with Gasteiger partial charge in [0.1, 0.15) is 5.82 Å². The topological polar surface area (TPSA) is 73.8 Å². The number of carbonyl (C=O) groups is 1. The van der Waals surface area contributed by atoms with Gasteiger partial charge < -0.3 is 10.3 Å². The van der Waals surface area contributed by atoms with E-state index in [9.17, 15) is 9.18 Å². The lowest BCUT2D eigenvalue weighted by atomic mass is 9.83. The summed E-state index contributed by atoms with van der Waals surface area (Å²) in [5, 5.41) is 1.02. The lowest BCUT2D eigenvalue weighted by Gasteiger charge is -2.24. The quantitative estimate of drug-likeness (QED) is 0.223. The monoisotopic (exact) mass is 560 g/mol. The van der Waals surface area contributed by atoms with Crippen LogP contribution in [0, 0.1) is 5.82 Å². The van der Waals surface area contributed by atoms with Gasteiger partial charge in [0.05, 0.1) is 32.0 Å². The number of fused-ring (bicyclic) bond motifs is 2. The van der Waals surface area contributed by atoms with Crippen LogP contribution in [-0.2, 0) is 6.54 Å². The molecule has 7 heteroatoms. The van der Waals surface area contributed by atoms with E-state index in [-0.39, 0.29) is 11.7 Å². The molecule has 1 aliphatic carbocycles. The first-order valence-electron chi connectivity index (χ1n) is 14.1. The Morgan fingerprint density at radius 3 is 2.56 bits per heavy atom. The van der Waals surface area contributed by atoms with Crippen LogP contribution in [0.4, 0.5) is 4.39 Å². The SMILES string of the molecule is NC(=O)c1cc2c(s1)c(C1CCCCC1)c(-c1ccc3nc(-c4cccc(F)c4)ccc3c1)n2Cc1ccncc1. The number of nitrogens with zero attached hydrogens (tertiary/aromatic N) is 3. The summed E-state index contributed by atoms with van der Waals surface area (Å²) in [5.74, 6) is -0.239. The second-order valence-electron chi connectivity index (χ2n) is 10.8. The van der Waals surface area contributed by atoms with Gasteiger partial charge in [-0.25, -0.2) is 9.37 Å². The molecule has 0 unspecified atom stereocenters. The second kappa shape index (κ2) is 10.6. The Kier molecular flexibility index (Phi) is 6.59. The van der Waals surface area contributed by atoms with E-state index in [0.29, 0.717) is 17.3 Å². The number of thiophene rings is 1. The van der Waals surface area contributed by atoms with Crippen molar-refractivity contribution in [3.8, 4) is 22.5 Å². The summed E-state index contributed by atoms with van der Waals surface area (Å²) < 4.78 is 17.4. The summed E-state index contributed by atoms with van der Waals surface area (Å²) in [6.45, 7) is 0.658. The van der Waals surface area contributed by atoms with Crippen molar-refractivity contribution < 1.29 is 9.18 Å². The van der Waals surface area contributed by atoms with Crippen molar-refractivity contribution in [2.75, 3.05) is 0 Å². The van der Waals surface area contributed by atoms with Gasteiger partial charge in [-0.1, -0.05) is 43.5 Å².